The molecule has 1 amide bonds. The molecule has 0 spiro atoms. The summed E-state index contributed by atoms with van der Waals surface area (Å²) >= 11 is 11.3. The molecule has 2 rings (SSSR count). The molecule has 0 fully saturated rings. The molecular formula is C15H10Cl2FNO2. The number of anilines is 1. The number of benzene rings is 2. The third kappa shape index (κ3) is 3.40. The average molecular weight is 326 g/mol. The van der Waals surface area contributed by atoms with Crippen molar-refractivity contribution in [3.05, 3.63) is 64.4 Å². The lowest BCUT2D eigenvalue weighted by atomic mass is 10.1. The number of amides is 1. The average Bonchev–Trinajstić information content (AvgIpc) is 2.46. The van der Waals surface area contributed by atoms with E-state index in [1.807, 2.05) is 0 Å². The molecule has 0 N–H and O–H groups in total. The first-order valence-corrected chi connectivity index (χ1v) is 6.68. The Bertz CT molecular complexity index is 719. The maximum Gasteiger partial charge on any atom is 0.259 e. The summed E-state index contributed by atoms with van der Waals surface area (Å²) in [6.45, 7) is 0. The lowest BCUT2D eigenvalue weighted by Gasteiger charge is -2.18. The number of hydrogen-bond acceptors (Lipinski definition) is 2. The number of hydrogen-bond donors (Lipinski definition) is 0. The Hall–Kier alpha value is -1.91. The Balaban J connectivity index is 2.35. The van der Waals surface area contributed by atoms with Crippen LogP contribution in [-0.4, -0.2) is 18.2 Å². The second kappa shape index (κ2) is 6.24. The molecular weight excluding hydrogens is 316 g/mol. The van der Waals surface area contributed by atoms with E-state index in [1.54, 1.807) is 18.2 Å². The van der Waals surface area contributed by atoms with Crippen molar-refractivity contribution >= 4 is 40.0 Å². The van der Waals surface area contributed by atoms with Gasteiger partial charge in [-0.05, 0) is 48.0 Å². The van der Waals surface area contributed by atoms with E-state index in [0.29, 0.717) is 5.69 Å². The van der Waals surface area contributed by atoms with E-state index in [1.165, 1.54) is 24.1 Å². The Morgan fingerprint density at radius 2 is 1.86 bits per heavy atom. The van der Waals surface area contributed by atoms with Gasteiger partial charge in [0.15, 0.2) is 0 Å². The fourth-order valence-electron chi connectivity index (χ4n) is 1.80. The zero-order valence-corrected chi connectivity index (χ0v) is 12.5. The summed E-state index contributed by atoms with van der Waals surface area (Å²) in [5.41, 5.74) is 0.925. The quantitative estimate of drug-likeness (QED) is 0.795. The number of carbonyl (C=O) groups excluding carboxylic acids is 2. The number of halogens is 3. The molecule has 0 radical (unpaired) electrons. The maximum absolute atomic E-state index is 13.0. The molecule has 3 nitrogen and oxygen atoms in total. The molecule has 0 saturated carbocycles. The van der Waals surface area contributed by atoms with Crippen LogP contribution < -0.4 is 4.90 Å². The third-order valence-electron chi connectivity index (χ3n) is 2.93. The van der Waals surface area contributed by atoms with Crippen LogP contribution in [0.25, 0.3) is 0 Å². The van der Waals surface area contributed by atoms with Crippen LogP contribution in [0.15, 0.2) is 42.5 Å². The van der Waals surface area contributed by atoms with Gasteiger partial charge in [0.1, 0.15) is 5.82 Å². The number of nitrogens with zero attached hydrogens (tertiary/aromatic N) is 1. The lowest BCUT2D eigenvalue weighted by Crippen LogP contribution is -2.26. The maximum atomic E-state index is 13.0. The molecule has 0 aliphatic rings. The van der Waals surface area contributed by atoms with Crippen LogP contribution >= 0.6 is 23.2 Å². The van der Waals surface area contributed by atoms with Gasteiger partial charge in [-0.1, -0.05) is 17.7 Å². The molecule has 21 heavy (non-hydrogen) atoms. The molecule has 0 saturated heterocycles. The number of rotatable bonds is 3. The summed E-state index contributed by atoms with van der Waals surface area (Å²) in [5, 5.41) is -0.589. The molecule has 0 heterocycles. The highest BCUT2D eigenvalue weighted by Crippen LogP contribution is 2.23. The highest BCUT2D eigenvalue weighted by atomic mass is 35.5. The fourth-order valence-corrected chi connectivity index (χ4v) is 2.16. The molecule has 0 aromatic heterocycles. The highest BCUT2D eigenvalue weighted by Gasteiger charge is 2.17. The zero-order chi connectivity index (χ0) is 15.6. The van der Waals surface area contributed by atoms with Gasteiger partial charge in [-0.25, -0.2) is 4.39 Å². The van der Waals surface area contributed by atoms with Crippen LogP contribution in [0.2, 0.25) is 5.02 Å². The largest absolute Gasteiger partial charge is 0.311 e. The second-order valence-corrected chi connectivity index (χ2v) is 5.06. The van der Waals surface area contributed by atoms with E-state index in [-0.39, 0.29) is 16.1 Å². The standard InChI is InChI=1S/C15H10Cl2FNO2/c1-19(11-4-2-3-9(7-11)14(17)20)15(21)12-6-5-10(18)8-13(12)16/h2-8H,1H3. The SMILES string of the molecule is CN(C(=O)c1ccc(F)cc1Cl)c1cccc(C(=O)Cl)c1. The monoisotopic (exact) mass is 325 g/mol. The van der Waals surface area contributed by atoms with Crippen LogP contribution in [0, 0.1) is 5.82 Å². The Morgan fingerprint density at radius 1 is 1.14 bits per heavy atom. The summed E-state index contributed by atoms with van der Waals surface area (Å²) in [6, 6.07) is 9.84. The Labute approximate surface area is 130 Å². The van der Waals surface area contributed by atoms with Gasteiger partial charge in [0, 0.05) is 18.3 Å². The van der Waals surface area contributed by atoms with Crippen LogP contribution in [0.5, 0.6) is 0 Å². The predicted molar refractivity (Wildman–Crippen MR) is 80.8 cm³/mol. The molecule has 108 valence electrons. The van der Waals surface area contributed by atoms with Gasteiger partial charge in [-0.15, -0.1) is 0 Å². The van der Waals surface area contributed by atoms with Crippen LogP contribution in [0.4, 0.5) is 10.1 Å². The van der Waals surface area contributed by atoms with Gasteiger partial charge < -0.3 is 4.90 Å². The van der Waals surface area contributed by atoms with Crippen molar-refractivity contribution in [3.8, 4) is 0 Å². The van der Waals surface area contributed by atoms with Crippen molar-refractivity contribution in [3.63, 3.8) is 0 Å². The molecule has 2 aromatic rings. The Morgan fingerprint density at radius 3 is 2.48 bits per heavy atom. The number of carbonyl (C=O) groups is 2. The van der Waals surface area contributed by atoms with E-state index in [4.69, 9.17) is 23.2 Å². The van der Waals surface area contributed by atoms with Crippen molar-refractivity contribution in [1.29, 1.82) is 0 Å². The topological polar surface area (TPSA) is 37.4 Å². The fraction of sp³-hybridized carbons (Fsp3) is 0.0667. The van der Waals surface area contributed by atoms with Gasteiger partial charge in [0.05, 0.1) is 10.6 Å². The Kier molecular flexibility index (Phi) is 4.60. The molecule has 0 aliphatic carbocycles. The van der Waals surface area contributed by atoms with Crippen LogP contribution in [0.3, 0.4) is 0 Å². The van der Waals surface area contributed by atoms with E-state index in [9.17, 15) is 14.0 Å². The van der Waals surface area contributed by atoms with Crippen molar-refractivity contribution in [2.24, 2.45) is 0 Å². The first-order valence-electron chi connectivity index (χ1n) is 5.93. The summed E-state index contributed by atoms with van der Waals surface area (Å²) in [4.78, 5) is 24.8. The summed E-state index contributed by atoms with van der Waals surface area (Å²) in [5.74, 6) is -0.937. The van der Waals surface area contributed by atoms with E-state index >= 15 is 0 Å². The third-order valence-corrected chi connectivity index (χ3v) is 3.46. The molecule has 0 atom stereocenters. The van der Waals surface area contributed by atoms with Gasteiger partial charge in [-0.3, -0.25) is 9.59 Å². The first-order chi connectivity index (χ1) is 9.90. The van der Waals surface area contributed by atoms with E-state index < -0.39 is 17.0 Å². The molecule has 0 bridgehead atoms. The van der Waals surface area contributed by atoms with Crippen molar-refractivity contribution in [2.45, 2.75) is 0 Å². The molecule has 0 unspecified atom stereocenters. The highest BCUT2D eigenvalue weighted by molar-refractivity contribution is 6.67. The van der Waals surface area contributed by atoms with Crippen molar-refractivity contribution in [2.75, 3.05) is 11.9 Å². The van der Waals surface area contributed by atoms with Crippen LogP contribution in [0.1, 0.15) is 20.7 Å². The van der Waals surface area contributed by atoms with Crippen molar-refractivity contribution in [1.82, 2.24) is 0 Å². The summed E-state index contributed by atoms with van der Waals surface area (Å²) < 4.78 is 13.0. The predicted octanol–water partition coefficient (Wildman–Crippen LogP) is 4.13. The van der Waals surface area contributed by atoms with Crippen molar-refractivity contribution < 1.29 is 14.0 Å². The normalized spacial score (nSPS) is 10.3. The smallest absolute Gasteiger partial charge is 0.259 e. The summed E-state index contributed by atoms with van der Waals surface area (Å²) in [7, 11) is 1.53. The lowest BCUT2D eigenvalue weighted by molar-refractivity contribution is 0.0992. The van der Waals surface area contributed by atoms with Crippen LogP contribution in [-0.2, 0) is 0 Å². The molecule has 2 aromatic carbocycles. The molecule has 6 heteroatoms. The van der Waals surface area contributed by atoms with E-state index in [0.717, 1.165) is 12.1 Å². The molecule has 0 aliphatic heterocycles. The van der Waals surface area contributed by atoms with E-state index in [2.05, 4.69) is 0 Å². The minimum atomic E-state index is -0.613. The first kappa shape index (κ1) is 15.5. The minimum Gasteiger partial charge on any atom is -0.311 e. The van der Waals surface area contributed by atoms with Gasteiger partial charge in [0.25, 0.3) is 11.1 Å². The minimum absolute atomic E-state index is 0.0245. The zero-order valence-electron chi connectivity index (χ0n) is 10.9. The van der Waals surface area contributed by atoms with Gasteiger partial charge >= 0.3 is 0 Å². The van der Waals surface area contributed by atoms with Gasteiger partial charge in [-0.2, -0.15) is 0 Å². The summed E-state index contributed by atoms with van der Waals surface area (Å²) in [6.07, 6.45) is 0. The van der Waals surface area contributed by atoms with Gasteiger partial charge in [0.2, 0.25) is 0 Å². The second-order valence-electron chi connectivity index (χ2n) is 4.31.